The molecule has 0 saturated heterocycles. The molecule has 1 aromatic heterocycles. The van der Waals surface area contributed by atoms with Gasteiger partial charge in [0, 0.05) is 17.8 Å². The largest absolute Gasteiger partial charge is 0.370 e. The number of nitrogens with two attached hydrogens (primary N) is 3. The summed E-state index contributed by atoms with van der Waals surface area (Å²) >= 11 is 5.06. The molecule has 0 bridgehead atoms. The highest BCUT2D eigenvalue weighted by atomic mass is 79.9. The number of guanidine groups is 2. The van der Waals surface area contributed by atoms with Crippen LogP contribution < -0.4 is 17.2 Å². The lowest BCUT2D eigenvalue weighted by Crippen LogP contribution is -2.26. The minimum atomic E-state index is -0.0740. The van der Waals surface area contributed by atoms with Gasteiger partial charge in [0.1, 0.15) is 0 Å². The Morgan fingerprint density at radius 1 is 1.33 bits per heavy atom. The molecule has 82 valence electrons. The molecule has 15 heavy (non-hydrogen) atoms. The van der Waals surface area contributed by atoms with Crippen LogP contribution in [0.5, 0.6) is 0 Å². The molecule has 5 nitrogen and oxygen atoms in total. The van der Waals surface area contributed by atoms with E-state index in [1.165, 1.54) is 4.88 Å². The van der Waals surface area contributed by atoms with Gasteiger partial charge in [0.25, 0.3) is 0 Å². The Kier molecular flexibility index (Phi) is 4.57. The number of hydrogen-bond donors (Lipinski definition) is 3. The van der Waals surface area contributed by atoms with E-state index in [1.54, 1.807) is 11.3 Å². The third kappa shape index (κ3) is 4.80. The second-order valence-electron chi connectivity index (χ2n) is 2.73. The van der Waals surface area contributed by atoms with Crippen molar-refractivity contribution in [3.05, 3.63) is 20.8 Å². The van der Waals surface area contributed by atoms with E-state index >= 15 is 0 Å². The zero-order valence-electron chi connectivity index (χ0n) is 7.98. The van der Waals surface area contributed by atoms with E-state index in [0.717, 1.165) is 10.2 Å². The van der Waals surface area contributed by atoms with E-state index in [9.17, 15) is 0 Å². The smallest absolute Gasteiger partial charge is 0.218 e. The van der Waals surface area contributed by atoms with Crippen LogP contribution in [0.25, 0.3) is 0 Å². The summed E-state index contributed by atoms with van der Waals surface area (Å²) in [5.41, 5.74) is 15.7. The van der Waals surface area contributed by atoms with E-state index < -0.39 is 0 Å². The molecule has 0 aliphatic heterocycles. The van der Waals surface area contributed by atoms with Crippen molar-refractivity contribution in [3.8, 4) is 0 Å². The molecule has 1 rings (SSSR count). The summed E-state index contributed by atoms with van der Waals surface area (Å²) in [4.78, 5) is 8.85. The maximum absolute atomic E-state index is 5.44. The van der Waals surface area contributed by atoms with Crippen molar-refractivity contribution in [2.75, 3.05) is 6.54 Å². The second kappa shape index (κ2) is 5.72. The molecule has 0 atom stereocenters. The summed E-state index contributed by atoms with van der Waals surface area (Å²) in [5, 5.41) is 0. The molecule has 0 aromatic carbocycles. The van der Waals surface area contributed by atoms with Crippen molar-refractivity contribution in [1.29, 1.82) is 0 Å². The Balaban J connectivity index is 2.42. The summed E-state index contributed by atoms with van der Waals surface area (Å²) in [6.45, 7) is 0.579. The number of halogens is 1. The normalized spacial score (nSPS) is 11.4. The molecule has 0 spiro atoms. The van der Waals surface area contributed by atoms with Gasteiger partial charge in [0.05, 0.1) is 3.79 Å². The Hall–Kier alpha value is -1.08. The van der Waals surface area contributed by atoms with E-state index in [1.807, 2.05) is 12.1 Å². The van der Waals surface area contributed by atoms with E-state index in [2.05, 4.69) is 25.9 Å². The fraction of sp³-hybridized carbons (Fsp3) is 0.250. The predicted molar refractivity (Wildman–Crippen MR) is 68.0 cm³/mol. The quantitative estimate of drug-likeness (QED) is 0.562. The number of hydrogen-bond acceptors (Lipinski definition) is 2. The summed E-state index contributed by atoms with van der Waals surface area (Å²) in [6.07, 6.45) is 0.830. The van der Waals surface area contributed by atoms with Crippen LogP contribution in [-0.2, 0) is 6.42 Å². The van der Waals surface area contributed by atoms with Crippen LogP contribution in [0.3, 0.4) is 0 Å². The van der Waals surface area contributed by atoms with Gasteiger partial charge in [0.15, 0.2) is 5.96 Å². The lowest BCUT2D eigenvalue weighted by molar-refractivity contribution is 0.980. The van der Waals surface area contributed by atoms with E-state index in [4.69, 9.17) is 17.2 Å². The van der Waals surface area contributed by atoms with Gasteiger partial charge in [-0.3, -0.25) is 4.99 Å². The summed E-state index contributed by atoms with van der Waals surface area (Å²) in [7, 11) is 0. The van der Waals surface area contributed by atoms with Gasteiger partial charge in [-0.2, -0.15) is 4.99 Å². The molecule has 1 heterocycles. The summed E-state index contributed by atoms with van der Waals surface area (Å²) < 4.78 is 1.11. The Morgan fingerprint density at radius 2 is 2.07 bits per heavy atom. The standard InChI is InChI=1S/C8H12BrN5S/c9-6-2-1-5(15-6)3-4-13-8(12)14-7(10)11/h1-2H,3-4H2,(H6,10,11,12,13,14). The third-order valence-corrected chi connectivity index (χ3v) is 3.19. The monoisotopic (exact) mass is 289 g/mol. The van der Waals surface area contributed by atoms with Crippen LogP contribution in [0, 0.1) is 0 Å². The van der Waals surface area contributed by atoms with Crippen LogP contribution in [0.1, 0.15) is 4.88 Å². The average molecular weight is 290 g/mol. The zero-order valence-corrected chi connectivity index (χ0v) is 10.4. The fourth-order valence-corrected chi connectivity index (χ4v) is 2.41. The van der Waals surface area contributed by atoms with Gasteiger partial charge >= 0.3 is 0 Å². The Morgan fingerprint density at radius 3 is 2.60 bits per heavy atom. The maximum Gasteiger partial charge on any atom is 0.218 e. The van der Waals surface area contributed by atoms with Crippen LogP contribution >= 0.6 is 27.3 Å². The Labute approximate surface area is 100 Å². The molecule has 7 heteroatoms. The molecule has 0 aliphatic carbocycles. The lowest BCUT2D eigenvalue weighted by Gasteiger charge is -1.94. The van der Waals surface area contributed by atoms with E-state index in [0.29, 0.717) is 6.54 Å². The summed E-state index contributed by atoms with van der Waals surface area (Å²) in [5.74, 6) is 0.0424. The number of rotatable bonds is 3. The first-order chi connectivity index (χ1) is 7.08. The van der Waals surface area contributed by atoms with Gasteiger partial charge in [0.2, 0.25) is 5.96 Å². The summed E-state index contributed by atoms with van der Waals surface area (Å²) in [6, 6.07) is 4.05. The second-order valence-corrected chi connectivity index (χ2v) is 5.28. The predicted octanol–water partition coefficient (Wildman–Crippen LogP) is 0.641. The zero-order chi connectivity index (χ0) is 11.3. The van der Waals surface area contributed by atoms with Crippen molar-refractivity contribution in [1.82, 2.24) is 0 Å². The van der Waals surface area contributed by atoms with Crippen LogP contribution in [0.15, 0.2) is 25.9 Å². The van der Waals surface area contributed by atoms with Crippen molar-refractivity contribution in [2.24, 2.45) is 27.2 Å². The molecule has 0 radical (unpaired) electrons. The number of nitrogens with zero attached hydrogens (tertiary/aromatic N) is 2. The van der Waals surface area contributed by atoms with Crippen molar-refractivity contribution in [3.63, 3.8) is 0 Å². The maximum atomic E-state index is 5.44. The average Bonchev–Trinajstić information content (AvgIpc) is 2.50. The number of thiophene rings is 1. The molecule has 0 unspecified atom stereocenters. The molecular formula is C8H12BrN5S. The SMILES string of the molecule is NC(N)=NC(N)=NCCc1ccc(Br)s1. The van der Waals surface area contributed by atoms with Gasteiger partial charge in [-0.1, -0.05) is 0 Å². The lowest BCUT2D eigenvalue weighted by atomic mass is 10.3. The fourth-order valence-electron chi connectivity index (χ4n) is 0.934. The first kappa shape index (κ1) is 12.0. The molecular weight excluding hydrogens is 278 g/mol. The van der Waals surface area contributed by atoms with Gasteiger partial charge < -0.3 is 17.2 Å². The molecule has 0 amide bonds. The van der Waals surface area contributed by atoms with Crippen molar-refractivity contribution >= 4 is 39.2 Å². The van der Waals surface area contributed by atoms with Crippen molar-refractivity contribution < 1.29 is 0 Å². The molecule has 1 aromatic rings. The highest BCUT2D eigenvalue weighted by Crippen LogP contribution is 2.22. The molecule has 6 N–H and O–H groups in total. The first-order valence-electron chi connectivity index (χ1n) is 4.21. The van der Waals surface area contributed by atoms with Gasteiger partial charge in [-0.15, -0.1) is 11.3 Å². The highest BCUT2D eigenvalue weighted by Gasteiger charge is 1.96. The minimum Gasteiger partial charge on any atom is -0.370 e. The Bertz CT molecular complexity index is 380. The molecule has 0 saturated carbocycles. The topological polar surface area (TPSA) is 103 Å². The van der Waals surface area contributed by atoms with Crippen LogP contribution in [-0.4, -0.2) is 18.5 Å². The van der Waals surface area contributed by atoms with Crippen LogP contribution in [0.4, 0.5) is 0 Å². The third-order valence-electron chi connectivity index (χ3n) is 1.50. The van der Waals surface area contributed by atoms with Crippen LogP contribution in [0.2, 0.25) is 0 Å². The van der Waals surface area contributed by atoms with E-state index in [-0.39, 0.29) is 11.9 Å². The number of aliphatic imine (C=N–C) groups is 2. The van der Waals surface area contributed by atoms with Crippen molar-refractivity contribution in [2.45, 2.75) is 6.42 Å². The van der Waals surface area contributed by atoms with Gasteiger partial charge in [-0.25, -0.2) is 0 Å². The molecule has 0 aliphatic rings. The minimum absolute atomic E-state index is 0.0740. The molecule has 0 fully saturated rings. The highest BCUT2D eigenvalue weighted by molar-refractivity contribution is 9.11. The van der Waals surface area contributed by atoms with Gasteiger partial charge in [-0.05, 0) is 28.1 Å². The first-order valence-corrected chi connectivity index (χ1v) is 5.82.